The van der Waals surface area contributed by atoms with Gasteiger partial charge in [0.15, 0.2) is 5.11 Å². The highest BCUT2D eigenvalue weighted by Gasteiger charge is 2.15. The quantitative estimate of drug-likeness (QED) is 0.221. The number of amides is 2. The predicted molar refractivity (Wildman–Crippen MR) is 137 cm³/mol. The van der Waals surface area contributed by atoms with E-state index in [4.69, 9.17) is 12.2 Å². The molecule has 2 amide bonds. The Bertz CT molecular complexity index is 1210. The van der Waals surface area contributed by atoms with Crippen molar-refractivity contribution >= 4 is 52.3 Å². The molecule has 0 radical (unpaired) electrons. The van der Waals surface area contributed by atoms with Crippen molar-refractivity contribution in [2.24, 2.45) is 0 Å². The van der Waals surface area contributed by atoms with Crippen molar-refractivity contribution in [3.8, 4) is 0 Å². The minimum Gasteiger partial charge on any atom is -0.332 e. The van der Waals surface area contributed by atoms with Crippen molar-refractivity contribution in [1.29, 1.82) is 0 Å². The maximum Gasteiger partial charge on any atom is 0.269 e. The van der Waals surface area contributed by atoms with Crippen LogP contribution < -0.4 is 15.5 Å². The number of anilines is 2. The van der Waals surface area contributed by atoms with Crippen molar-refractivity contribution < 1.29 is 14.5 Å². The van der Waals surface area contributed by atoms with E-state index in [0.29, 0.717) is 23.4 Å². The third kappa shape index (κ3) is 6.57. The fourth-order valence-corrected chi connectivity index (χ4v) is 3.32. The fraction of sp³-hybridized carbons (Fsp3) is 0.0800. The van der Waals surface area contributed by atoms with Gasteiger partial charge in [0.2, 0.25) is 5.91 Å². The van der Waals surface area contributed by atoms with E-state index in [1.165, 1.54) is 24.3 Å². The zero-order valence-electron chi connectivity index (χ0n) is 18.3. The average molecular weight is 475 g/mol. The number of nitrogens with one attached hydrogen (secondary N) is 2. The second-order valence-corrected chi connectivity index (χ2v) is 7.50. The highest BCUT2D eigenvalue weighted by Crippen LogP contribution is 2.18. The molecule has 0 aliphatic carbocycles. The van der Waals surface area contributed by atoms with Gasteiger partial charge in [-0.15, -0.1) is 0 Å². The van der Waals surface area contributed by atoms with Crippen LogP contribution in [-0.4, -0.2) is 28.4 Å². The molecule has 0 saturated heterocycles. The molecule has 0 unspecified atom stereocenters. The SMILES string of the molecule is CCN(C(=O)c1ccc(NC(=S)NC(=O)/C=C/c2ccc([N+](=O)[O-])cc2)cc1)c1ccccc1. The molecule has 2 N–H and O–H groups in total. The number of rotatable bonds is 7. The molecule has 0 heterocycles. The Balaban J connectivity index is 1.55. The lowest BCUT2D eigenvalue weighted by Gasteiger charge is -2.21. The summed E-state index contributed by atoms with van der Waals surface area (Å²) in [7, 11) is 0. The number of para-hydroxylation sites is 1. The second kappa shape index (κ2) is 11.5. The normalized spacial score (nSPS) is 10.5. The van der Waals surface area contributed by atoms with Crippen LogP contribution in [0.5, 0.6) is 0 Å². The summed E-state index contributed by atoms with van der Waals surface area (Å²) in [4.78, 5) is 36.9. The van der Waals surface area contributed by atoms with Crippen LogP contribution >= 0.6 is 12.2 Å². The summed E-state index contributed by atoms with van der Waals surface area (Å²) in [5.41, 5.74) is 2.57. The van der Waals surface area contributed by atoms with Crippen LogP contribution in [0.4, 0.5) is 17.1 Å². The summed E-state index contributed by atoms with van der Waals surface area (Å²) in [6.07, 6.45) is 2.80. The Morgan fingerprint density at radius 2 is 1.65 bits per heavy atom. The number of nitro benzene ring substituents is 1. The molecule has 0 fully saturated rings. The van der Waals surface area contributed by atoms with E-state index in [0.717, 1.165) is 5.69 Å². The molecular weight excluding hydrogens is 452 g/mol. The number of hydrogen-bond donors (Lipinski definition) is 2. The van der Waals surface area contributed by atoms with E-state index in [1.807, 2.05) is 37.3 Å². The predicted octanol–water partition coefficient (Wildman–Crippen LogP) is 4.79. The first-order valence-corrected chi connectivity index (χ1v) is 10.8. The number of carbonyl (C=O) groups excluding carboxylic acids is 2. The van der Waals surface area contributed by atoms with Crippen LogP contribution in [0.15, 0.2) is 84.9 Å². The maximum absolute atomic E-state index is 12.9. The standard InChI is InChI=1S/C25H22N4O4S/c1-2-28(21-6-4-3-5-7-21)24(31)19-11-13-20(14-12-19)26-25(34)27-23(30)17-10-18-8-15-22(16-9-18)29(32)33/h3-17H,2H2,1H3,(H2,26,27,30,34)/b17-10+. The number of thiocarbonyl (C=S) groups is 1. The smallest absolute Gasteiger partial charge is 0.269 e. The van der Waals surface area contributed by atoms with Gasteiger partial charge in [-0.25, -0.2) is 0 Å². The number of non-ortho nitro benzene ring substituents is 1. The molecule has 0 saturated carbocycles. The molecule has 0 aliphatic rings. The van der Waals surface area contributed by atoms with Gasteiger partial charge >= 0.3 is 0 Å². The third-order valence-corrected chi connectivity index (χ3v) is 4.99. The highest BCUT2D eigenvalue weighted by atomic mass is 32.1. The van der Waals surface area contributed by atoms with Gasteiger partial charge in [-0.2, -0.15) is 0 Å². The number of carbonyl (C=O) groups is 2. The highest BCUT2D eigenvalue weighted by molar-refractivity contribution is 7.80. The van der Waals surface area contributed by atoms with Crippen molar-refractivity contribution in [2.75, 3.05) is 16.8 Å². The van der Waals surface area contributed by atoms with E-state index in [-0.39, 0.29) is 16.7 Å². The van der Waals surface area contributed by atoms with Crippen molar-refractivity contribution in [1.82, 2.24) is 5.32 Å². The molecule has 0 atom stereocenters. The first-order valence-electron chi connectivity index (χ1n) is 10.4. The third-order valence-electron chi connectivity index (χ3n) is 4.79. The molecule has 34 heavy (non-hydrogen) atoms. The molecule has 3 rings (SSSR count). The Morgan fingerprint density at radius 3 is 2.24 bits per heavy atom. The summed E-state index contributed by atoms with van der Waals surface area (Å²) >= 11 is 5.17. The summed E-state index contributed by atoms with van der Waals surface area (Å²) in [6, 6.07) is 22.0. The lowest BCUT2D eigenvalue weighted by atomic mass is 10.1. The van der Waals surface area contributed by atoms with Gasteiger partial charge in [0.25, 0.3) is 11.6 Å². The van der Waals surface area contributed by atoms with E-state index in [2.05, 4.69) is 10.6 Å². The monoisotopic (exact) mass is 474 g/mol. The average Bonchev–Trinajstić information content (AvgIpc) is 2.84. The molecule has 0 aliphatic heterocycles. The molecule has 3 aromatic carbocycles. The maximum atomic E-state index is 12.9. The van der Waals surface area contributed by atoms with Gasteiger partial charge in [-0.1, -0.05) is 18.2 Å². The van der Waals surface area contributed by atoms with Crippen LogP contribution in [-0.2, 0) is 4.79 Å². The number of nitro groups is 1. The second-order valence-electron chi connectivity index (χ2n) is 7.09. The Kier molecular flexibility index (Phi) is 8.20. The molecule has 3 aromatic rings. The van der Waals surface area contributed by atoms with Gasteiger partial charge in [0, 0.05) is 41.7 Å². The first-order chi connectivity index (χ1) is 16.4. The van der Waals surface area contributed by atoms with Crippen LogP contribution in [0.2, 0.25) is 0 Å². The van der Waals surface area contributed by atoms with E-state index >= 15 is 0 Å². The summed E-state index contributed by atoms with van der Waals surface area (Å²) in [5.74, 6) is -0.573. The lowest BCUT2D eigenvalue weighted by molar-refractivity contribution is -0.384. The van der Waals surface area contributed by atoms with Crippen molar-refractivity contribution in [3.05, 3.63) is 106 Å². The minimum atomic E-state index is -0.490. The van der Waals surface area contributed by atoms with Gasteiger partial charge < -0.3 is 10.2 Å². The topological polar surface area (TPSA) is 105 Å². The molecule has 172 valence electrons. The zero-order chi connectivity index (χ0) is 24.5. The number of benzene rings is 3. The van der Waals surface area contributed by atoms with Crippen LogP contribution in [0.3, 0.4) is 0 Å². The van der Waals surface area contributed by atoms with E-state index < -0.39 is 10.8 Å². The van der Waals surface area contributed by atoms with Crippen LogP contribution in [0, 0.1) is 10.1 Å². The van der Waals surface area contributed by atoms with E-state index in [1.54, 1.807) is 41.3 Å². The molecule has 0 bridgehead atoms. The fourth-order valence-electron chi connectivity index (χ4n) is 3.10. The first kappa shape index (κ1) is 24.3. The minimum absolute atomic E-state index is 0.0258. The summed E-state index contributed by atoms with van der Waals surface area (Å²) in [5, 5.41) is 16.2. The lowest BCUT2D eigenvalue weighted by Crippen LogP contribution is -2.33. The Hall–Kier alpha value is -4.37. The van der Waals surface area contributed by atoms with E-state index in [9.17, 15) is 19.7 Å². The summed E-state index contributed by atoms with van der Waals surface area (Å²) < 4.78 is 0. The number of nitrogens with zero attached hydrogens (tertiary/aromatic N) is 2. The molecule has 0 spiro atoms. The largest absolute Gasteiger partial charge is 0.332 e. The van der Waals surface area contributed by atoms with Gasteiger partial charge in [-0.05, 0) is 79.3 Å². The van der Waals surface area contributed by atoms with Crippen molar-refractivity contribution in [3.63, 3.8) is 0 Å². The Morgan fingerprint density at radius 1 is 1.00 bits per heavy atom. The molecule has 8 nitrogen and oxygen atoms in total. The number of hydrogen-bond acceptors (Lipinski definition) is 5. The van der Waals surface area contributed by atoms with Crippen molar-refractivity contribution in [2.45, 2.75) is 6.92 Å². The van der Waals surface area contributed by atoms with Gasteiger partial charge in [0.05, 0.1) is 4.92 Å². The Labute approximate surface area is 202 Å². The molecule has 9 heteroatoms. The van der Waals surface area contributed by atoms with Gasteiger partial charge in [0.1, 0.15) is 0 Å². The van der Waals surface area contributed by atoms with Crippen LogP contribution in [0.1, 0.15) is 22.8 Å². The molecular formula is C25H22N4O4S. The molecule has 0 aromatic heterocycles. The zero-order valence-corrected chi connectivity index (χ0v) is 19.1. The summed E-state index contributed by atoms with van der Waals surface area (Å²) in [6.45, 7) is 2.45. The van der Waals surface area contributed by atoms with Gasteiger partial charge in [-0.3, -0.25) is 25.0 Å². The van der Waals surface area contributed by atoms with Crippen LogP contribution in [0.25, 0.3) is 6.08 Å².